The minimum atomic E-state index is -0.179. The molecule has 1 fully saturated rings. The van der Waals surface area contributed by atoms with E-state index in [0.717, 1.165) is 43.4 Å². The summed E-state index contributed by atoms with van der Waals surface area (Å²) < 4.78 is 13.0. The van der Waals surface area contributed by atoms with Gasteiger partial charge in [-0.25, -0.2) is 4.39 Å². The van der Waals surface area contributed by atoms with Crippen LogP contribution in [0.25, 0.3) is 0 Å². The molecule has 0 bridgehead atoms. The van der Waals surface area contributed by atoms with Gasteiger partial charge in [-0.1, -0.05) is 29.8 Å². The molecule has 0 radical (unpaired) electrons. The van der Waals surface area contributed by atoms with Gasteiger partial charge < -0.3 is 9.80 Å². The first kappa shape index (κ1) is 14.4. The van der Waals surface area contributed by atoms with Crippen molar-refractivity contribution in [2.75, 3.05) is 31.1 Å². The average molecular weight is 306 g/mol. The predicted octanol–water partition coefficient (Wildman–Crippen LogP) is 2.38. The van der Waals surface area contributed by atoms with Gasteiger partial charge in [-0.2, -0.15) is 0 Å². The molecule has 2 aromatic carbocycles. The number of nitrogens with zero attached hydrogens (tertiary/aromatic N) is 1. The largest absolute Gasteiger partial charge is 0.360 e. The molecular weight excluding hydrogens is 287 g/mol. The van der Waals surface area contributed by atoms with E-state index in [0.29, 0.717) is 0 Å². The van der Waals surface area contributed by atoms with Crippen LogP contribution >= 0.6 is 11.6 Å². The zero-order chi connectivity index (χ0) is 14.7. The Morgan fingerprint density at radius 3 is 2.33 bits per heavy atom. The number of rotatable bonds is 3. The quantitative estimate of drug-likeness (QED) is 0.915. The minimum absolute atomic E-state index is 0.179. The van der Waals surface area contributed by atoms with Crippen LogP contribution in [0.1, 0.15) is 5.56 Å². The van der Waals surface area contributed by atoms with Crippen molar-refractivity contribution >= 4 is 17.3 Å². The van der Waals surface area contributed by atoms with E-state index >= 15 is 0 Å². The average Bonchev–Trinajstić information content (AvgIpc) is 2.51. The summed E-state index contributed by atoms with van der Waals surface area (Å²) >= 11 is 6.22. The first-order chi connectivity index (χ1) is 10.2. The van der Waals surface area contributed by atoms with Gasteiger partial charge in [0.25, 0.3) is 0 Å². The Morgan fingerprint density at radius 2 is 1.67 bits per heavy atom. The summed E-state index contributed by atoms with van der Waals surface area (Å²) in [6, 6.07) is 14.8. The Balaban J connectivity index is 1.58. The van der Waals surface area contributed by atoms with E-state index in [-0.39, 0.29) is 5.82 Å². The van der Waals surface area contributed by atoms with Crippen molar-refractivity contribution in [1.82, 2.24) is 0 Å². The lowest BCUT2D eigenvalue weighted by Crippen LogP contribution is -3.13. The zero-order valence-corrected chi connectivity index (χ0v) is 12.6. The normalized spacial score (nSPS) is 16.2. The second-order valence-electron chi connectivity index (χ2n) is 5.48. The Labute approximate surface area is 129 Å². The Morgan fingerprint density at radius 1 is 1.00 bits per heavy atom. The monoisotopic (exact) mass is 305 g/mol. The van der Waals surface area contributed by atoms with E-state index < -0.39 is 0 Å². The summed E-state index contributed by atoms with van der Waals surface area (Å²) in [5, 5.41) is 0.853. The van der Waals surface area contributed by atoms with E-state index in [9.17, 15) is 4.39 Å². The third-order valence-corrected chi connectivity index (χ3v) is 4.43. The Kier molecular flexibility index (Phi) is 4.42. The van der Waals surface area contributed by atoms with Gasteiger partial charge in [0.2, 0.25) is 0 Å². The number of hydrogen-bond donors (Lipinski definition) is 1. The first-order valence-corrected chi connectivity index (χ1v) is 7.67. The molecule has 2 nitrogen and oxygen atoms in total. The van der Waals surface area contributed by atoms with E-state index in [1.165, 1.54) is 17.7 Å². The van der Waals surface area contributed by atoms with Gasteiger partial charge >= 0.3 is 0 Å². The lowest BCUT2D eigenvalue weighted by atomic mass is 10.2. The standard InChI is InChI=1S/C17H18ClFN2/c18-17-4-2-1-3-14(17)13-20-9-11-21(12-10-20)16-7-5-15(19)6-8-16/h1-8H,9-13H2/p+1. The van der Waals surface area contributed by atoms with Crippen molar-refractivity contribution in [3.05, 3.63) is 64.9 Å². The fourth-order valence-corrected chi connectivity index (χ4v) is 3.02. The van der Waals surface area contributed by atoms with Gasteiger partial charge in [0.15, 0.2) is 0 Å². The molecular formula is C17H19ClFN2+. The van der Waals surface area contributed by atoms with Crippen LogP contribution in [0.4, 0.5) is 10.1 Å². The van der Waals surface area contributed by atoms with Crippen molar-refractivity contribution in [2.45, 2.75) is 6.54 Å². The molecule has 0 aliphatic carbocycles. The van der Waals surface area contributed by atoms with Crippen LogP contribution in [-0.4, -0.2) is 26.2 Å². The van der Waals surface area contributed by atoms with E-state index in [4.69, 9.17) is 11.6 Å². The van der Waals surface area contributed by atoms with Crippen molar-refractivity contribution in [2.24, 2.45) is 0 Å². The molecule has 0 saturated carbocycles. The van der Waals surface area contributed by atoms with Gasteiger partial charge in [-0.15, -0.1) is 0 Å². The van der Waals surface area contributed by atoms with Crippen LogP contribution in [0.5, 0.6) is 0 Å². The van der Waals surface area contributed by atoms with E-state index in [2.05, 4.69) is 11.0 Å². The first-order valence-electron chi connectivity index (χ1n) is 7.30. The molecule has 0 aromatic heterocycles. The third kappa shape index (κ3) is 3.55. The van der Waals surface area contributed by atoms with Crippen molar-refractivity contribution in [3.8, 4) is 0 Å². The highest BCUT2D eigenvalue weighted by Crippen LogP contribution is 2.15. The molecule has 110 valence electrons. The predicted molar refractivity (Wildman–Crippen MR) is 84.5 cm³/mol. The molecule has 0 atom stereocenters. The maximum absolute atomic E-state index is 13.0. The minimum Gasteiger partial charge on any atom is -0.360 e. The zero-order valence-electron chi connectivity index (χ0n) is 11.9. The molecule has 1 saturated heterocycles. The van der Waals surface area contributed by atoms with Gasteiger partial charge in [0.1, 0.15) is 12.4 Å². The van der Waals surface area contributed by atoms with Crippen molar-refractivity contribution in [1.29, 1.82) is 0 Å². The van der Waals surface area contributed by atoms with Gasteiger partial charge in [-0.05, 0) is 30.3 Å². The van der Waals surface area contributed by atoms with E-state index in [1.54, 1.807) is 4.90 Å². The smallest absolute Gasteiger partial charge is 0.123 e. The van der Waals surface area contributed by atoms with Crippen molar-refractivity contribution in [3.63, 3.8) is 0 Å². The number of nitrogens with one attached hydrogen (secondary N) is 1. The fourth-order valence-electron chi connectivity index (χ4n) is 2.82. The molecule has 1 N–H and O–H groups in total. The third-order valence-electron chi connectivity index (χ3n) is 4.06. The lowest BCUT2D eigenvalue weighted by Gasteiger charge is -2.33. The second kappa shape index (κ2) is 6.46. The SMILES string of the molecule is Fc1ccc(N2CC[NH+](Cc3ccccc3Cl)CC2)cc1. The lowest BCUT2D eigenvalue weighted by molar-refractivity contribution is -0.914. The molecule has 0 unspecified atom stereocenters. The summed E-state index contributed by atoms with van der Waals surface area (Å²) in [6.45, 7) is 5.10. The Hall–Kier alpha value is -1.58. The van der Waals surface area contributed by atoms with Crippen LogP contribution in [0, 0.1) is 5.82 Å². The topological polar surface area (TPSA) is 7.68 Å². The molecule has 0 spiro atoms. The maximum Gasteiger partial charge on any atom is 0.123 e. The molecule has 3 rings (SSSR count). The van der Waals surface area contributed by atoms with Crippen molar-refractivity contribution < 1.29 is 9.29 Å². The maximum atomic E-state index is 13.0. The highest BCUT2D eigenvalue weighted by atomic mass is 35.5. The molecule has 21 heavy (non-hydrogen) atoms. The second-order valence-corrected chi connectivity index (χ2v) is 5.89. The molecule has 0 amide bonds. The summed E-state index contributed by atoms with van der Waals surface area (Å²) in [4.78, 5) is 3.86. The molecule has 1 aliphatic rings. The van der Waals surface area contributed by atoms with Crippen LogP contribution in [0.2, 0.25) is 5.02 Å². The molecule has 1 heterocycles. The summed E-state index contributed by atoms with van der Waals surface area (Å²) in [7, 11) is 0. The summed E-state index contributed by atoms with van der Waals surface area (Å²) in [6.07, 6.45) is 0. The van der Waals surface area contributed by atoms with Gasteiger partial charge in [0.05, 0.1) is 26.2 Å². The Bertz CT molecular complexity index is 592. The van der Waals surface area contributed by atoms with Gasteiger partial charge in [-0.3, -0.25) is 0 Å². The summed E-state index contributed by atoms with van der Waals surface area (Å²) in [5.41, 5.74) is 2.32. The fraction of sp³-hybridized carbons (Fsp3) is 0.294. The number of benzene rings is 2. The molecule has 2 aromatic rings. The van der Waals surface area contributed by atoms with E-state index in [1.807, 2.05) is 30.3 Å². The molecule has 1 aliphatic heterocycles. The highest BCUT2D eigenvalue weighted by molar-refractivity contribution is 6.31. The van der Waals surface area contributed by atoms with Crippen LogP contribution < -0.4 is 9.80 Å². The number of piperazine rings is 1. The summed E-state index contributed by atoms with van der Waals surface area (Å²) in [5.74, 6) is -0.179. The number of halogens is 2. The van der Waals surface area contributed by atoms with Crippen LogP contribution in [0.3, 0.4) is 0 Å². The van der Waals surface area contributed by atoms with Crippen LogP contribution in [0.15, 0.2) is 48.5 Å². The number of quaternary nitrogens is 1. The number of hydrogen-bond acceptors (Lipinski definition) is 1. The van der Waals surface area contributed by atoms with Crippen LogP contribution in [-0.2, 0) is 6.54 Å². The number of anilines is 1. The van der Waals surface area contributed by atoms with Gasteiger partial charge in [0, 0.05) is 16.3 Å². The highest BCUT2D eigenvalue weighted by Gasteiger charge is 2.20. The molecule has 4 heteroatoms.